The Kier molecular flexibility index (Phi) is 7.97. The summed E-state index contributed by atoms with van der Waals surface area (Å²) < 4.78 is 48.6. The molecule has 0 aliphatic heterocycles. The van der Waals surface area contributed by atoms with E-state index in [0.29, 0.717) is 18.9 Å². The normalized spacial score (nSPS) is 25.1. The summed E-state index contributed by atoms with van der Waals surface area (Å²) in [7, 11) is 0. The molecule has 0 spiro atoms. The zero-order valence-corrected chi connectivity index (χ0v) is 18.9. The van der Waals surface area contributed by atoms with Crippen LogP contribution in [0.4, 0.5) is 13.2 Å². The van der Waals surface area contributed by atoms with Crippen LogP contribution in [0.2, 0.25) is 0 Å². The van der Waals surface area contributed by atoms with Crippen LogP contribution >= 0.6 is 11.8 Å². The van der Waals surface area contributed by atoms with E-state index in [-0.39, 0.29) is 23.0 Å². The van der Waals surface area contributed by atoms with E-state index in [4.69, 9.17) is 4.74 Å². The number of hydrogen-bond donors (Lipinski definition) is 1. The molecule has 0 bridgehead atoms. The van der Waals surface area contributed by atoms with Gasteiger partial charge in [0.05, 0.1) is 12.9 Å². The summed E-state index contributed by atoms with van der Waals surface area (Å²) in [6, 6.07) is 5.38. The minimum Gasteiger partial charge on any atom is -0.516 e. The predicted molar refractivity (Wildman–Crippen MR) is 117 cm³/mol. The number of hydrogen-bond acceptors (Lipinski definition) is 6. The van der Waals surface area contributed by atoms with E-state index < -0.39 is 6.36 Å². The second kappa shape index (κ2) is 10.5. The molecule has 0 unspecified atom stereocenters. The molecule has 6 nitrogen and oxygen atoms in total. The van der Waals surface area contributed by atoms with Gasteiger partial charge in [-0.15, -0.1) is 13.2 Å². The second-order valence-electron chi connectivity index (χ2n) is 8.24. The first-order valence-electron chi connectivity index (χ1n) is 10.4. The van der Waals surface area contributed by atoms with Gasteiger partial charge in [0.25, 0.3) is 0 Å². The topological polar surface area (TPSA) is 69.4 Å². The fraction of sp³-hybridized carbons (Fsp3) is 0.545. The van der Waals surface area contributed by atoms with Gasteiger partial charge in [-0.2, -0.15) is 16.9 Å². The zero-order valence-electron chi connectivity index (χ0n) is 18.1. The van der Waals surface area contributed by atoms with Crippen LogP contribution in [0.5, 0.6) is 11.5 Å². The van der Waals surface area contributed by atoms with Crippen LogP contribution in [0.25, 0.3) is 0 Å². The quantitative estimate of drug-likeness (QED) is 0.488. The third-order valence-corrected chi connectivity index (χ3v) is 6.71. The Bertz CT molecular complexity index is 875. The SMILES string of the molecule is CSCC[C@]1(C)CC[C@@H](COc2ccc(OC(F)(F)F)cc2)[C@H](Cn2cncn2)/C1=C\O. The molecular weight excluding hydrogens is 443 g/mol. The van der Waals surface area contributed by atoms with Crippen molar-refractivity contribution in [3.63, 3.8) is 0 Å². The van der Waals surface area contributed by atoms with Gasteiger partial charge in [0.1, 0.15) is 24.2 Å². The van der Waals surface area contributed by atoms with Crippen molar-refractivity contribution in [2.45, 2.75) is 39.1 Å². The van der Waals surface area contributed by atoms with Crippen molar-refractivity contribution < 1.29 is 27.8 Å². The van der Waals surface area contributed by atoms with Crippen molar-refractivity contribution in [2.24, 2.45) is 17.3 Å². The van der Waals surface area contributed by atoms with Crippen molar-refractivity contribution >= 4 is 11.8 Å². The summed E-state index contributed by atoms with van der Waals surface area (Å²) in [5.41, 5.74) is 0.867. The summed E-state index contributed by atoms with van der Waals surface area (Å²) in [6.07, 6.45) is 4.50. The molecule has 3 atom stereocenters. The third kappa shape index (κ3) is 6.34. The Hall–Kier alpha value is -2.36. The zero-order chi connectivity index (χ0) is 23.2. The van der Waals surface area contributed by atoms with Crippen LogP contribution in [0.3, 0.4) is 0 Å². The van der Waals surface area contributed by atoms with E-state index in [1.54, 1.807) is 22.8 Å². The monoisotopic (exact) mass is 471 g/mol. The number of nitrogens with zero attached hydrogens (tertiary/aromatic N) is 3. The standard InChI is InChI=1S/C22H28F3N3O3S/c1-21(9-10-32-2)8-7-16(19(20(21)12-29)11-28-15-26-14-27-28)13-30-17-3-5-18(6-4-17)31-22(23,24)25/h3-6,12,14-16,19,29H,7-11,13H2,1-2H3/b20-12+/t16-,19-,21-/m0/s1. The van der Waals surface area contributed by atoms with E-state index in [0.717, 1.165) is 30.6 Å². The molecular formula is C22H28F3N3O3S. The van der Waals surface area contributed by atoms with E-state index in [2.05, 4.69) is 28.0 Å². The van der Waals surface area contributed by atoms with Crippen molar-refractivity contribution in [3.05, 3.63) is 48.8 Å². The van der Waals surface area contributed by atoms with Crippen LogP contribution in [0.15, 0.2) is 48.8 Å². The Labute approximate surface area is 189 Å². The van der Waals surface area contributed by atoms with E-state index in [9.17, 15) is 18.3 Å². The molecule has 10 heteroatoms. The van der Waals surface area contributed by atoms with Gasteiger partial charge in [-0.05, 0) is 66.5 Å². The number of aromatic nitrogens is 3. The smallest absolute Gasteiger partial charge is 0.516 e. The molecule has 1 aliphatic rings. The van der Waals surface area contributed by atoms with Crippen molar-refractivity contribution in [1.29, 1.82) is 0 Å². The van der Waals surface area contributed by atoms with Crippen LogP contribution < -0.4 is 9.47 Å². The maximum atomic E-state index is 12.3. The van der Waals surface area contributed by atoms with Crippen LogP contribution in [0, 0.1) is 17.3 Å². The van der Waals surface area contributed by atoms with Gasteiger partial charge in [-0.25, -0.2) is 4.98 Å². The summed E-state index contributed by atoms with van der Waals surface area (Å²) in [6.45, 7) is 3.12. The number of alkyl halides is 3. The highest BCUT2D eigenvalue weighted by atomic mass is 32.2. The molecule has 1 aromatic carbocycles. The Morgan fingerprint density at radius 1 is 1.28 bits per heavy atom. The van der Waals surface area contributed by atoms with Crippen LogP contribution in [-0.2, 0) is 6.54 Å². The van der Waals surface area contributed by atoms with E-state index in [1.165, 1.54) is 36.9 Å². The predicted octanol–water partition coefficient (Wildman–Crippen LogP) is 5.48. The van der Waals surface area contributed by atoms with Gasteiger partial charge in [-0.3, -0.25) is 4.68 Å². The number of benzene rings is 1. The van der Waals surface area contributed by atoms with E-state index in [1.807, 2.05) is 0 Å². The molecule has 0 amide bonds. The average molecular weight is 472 g/mol. The number of rotatable bonds is 9. The molecule has 0 radical (unpaired) electrons. The Morgan fingerprint density at radius 3 is 2.59 bits per heavy atom. The molecule has 1 fully saturated rings. The van der Waals surface area contributed by atoms with Gasteiger partial charge in [0.15, 0.2) is 0 Å². The average Bonchev–Trinajstić information content (AvgIpc) is 3.25. The number of aliphatic hydroxyl groups excluding tert-OH is 1. The molecule has 0 saturated heterocycles. The Morgan fingerprint density at radius 2 is 2.00 bits per heavy atom. The molecule has 1 aromatic heterocycles. The maximum absolute atomic E-state index is 12.3. The fourth-order valence-corrected chi connectivity index (χ4v) is 4.97. The lowest BCUT2D eigenvalue weighted by atomic mass is 9.62. The van der Waals surface area contributed by atoms with Crippen LogP contribution in [0.1, 0.15) is 26.2 Å². The van der Waals surface area contributed by atoms with Gasteiger partial charge in [0.2, 0.25) is 0 Å². The largest absolute Gasteiger partial charge is 0.573 e. The molecule has 2 aromatic rings. The Balaban J connectivity index is 1.72. The van der Waals surface area contributed by atoms with E-state index >= 15 is 0 Å². The van der Waals surface area contributed by atoms with Crippen molar-refractivity contribution in [2.75, 3.05) is 18.6 Å². The fourth-order valence-electron chi connectivity index (χ4n) is 4.32. The van der Waals surface area contributed by atoms with Crippen molar-refractivity contribution in [3.8, 4) is 11.5 Å². The minimum atomic E-state index is -4.73. The summed E-state index contributed by atoms with van der Waals surface area (Å²) in [5, 5.41) is 14.4. The van der Waals surface area contributed by atoms with Gasteiger partial charge < -0.3 is 14.6 Å². The van der Waals surface area contributed by atoms with Gasteiger partial charge in [0, 0.05) is 18.4 Å². The highest BCUT2D eigenvalue weighted by molar-refractivity contribution is 7.98. The third-order valence-electron chi connectivity index (χ3n) is 6.10. The summed E-state index contributed by atoms with van der Waals surface area (Å²) >= 11 is 1.78. The first kappa shape index (κ1) is 24.3. The first-order chi connectivity index (χ1) is 15.2. The number of thioether (sulfide) groups is 1. The molecule has 1 aliphatic carbocycles. The molecule has 1 heterocycles. The van der Waals surface area contributed by atoms with Crippen molar-refractivity contribution in [1.82, 2.24) is 14.8 Å². The number of allylic oxidation sites excluding steroid dienone is 1. The highest BCUT2D eigenvalue weighted by Crippen LogP contribution is 2.49. The number of halogens is 3. The molecule has 176 valence electrons. The first-order valence-corrected chi connectivity index (χ1v) is 11.8. The lowest BCUT2D eigenvalue weighted by Crippen LogP contribution is -2.39. The summed E-state index contributed by atoms with van der Waals surface area (Å²) in [5.74, 6) is 1.27. The second-order valence-corrected chi connectivity index (χ2v) is 9.23. The van der Waals surface area contributed by atoms with Gasteiger partial charge >= 0.3 is 6.36 Å². The molecule has 1 N–H and O–H groups in total. The molecule has 1 saturated carbocycles. The lowest BCUT2D eigenvalue weighted by molar-refractivity contribution is -0.274. The number of aliphatic hydroxyl groups is 1. The molecule has 3 rings (SSSR count). The number of ether oxygens (including phenoxy) is 2. The minimum absolute atomic E-state index is 0.00450. The maximum Gasteiger partial charge on any atom is 0.573 e. The molecule has 32 heavy (non-hydrogen) atoms. The van der Waals surface area contributed by atoms with Gasteiger partial charge in [-0.1, -0.05) is 6.92 Å². The highest BCUT2D eigenvalue weighted by Gasteiger charge is 2.42. The summed E-state index contributed by atoms with van der Waals surface area (Å²) in [4.78, 5) is 4.02. The van der Waals surface area contributed by atoms with Crippen LogP contribution in [-0.4, -0.2) is 44.8 Å². The lowest BCUT2D eigenvalue weighted by Gasteiger charge is -2.45.